The Morgan fingerprint density at radius 2 is 1.97 bits per heavy atom. The van der Waals surface area contributed by atoms with Crippen LogP contribution in [-0.4, -0.2) is 21.9 Å². The van der Waals surface area contributed by atoms with Crippen molar-refractivity contribution in [3.63, 3.8) is 0 Å². The molecule has 3 N–H and O–H groups in total. The number of fused-ring (bicyclic) bond motifs is 2. The standard InChI is InChI=1S/C27H26N2O3S/c1-3-33-24-12-7-19(16-23(24)29-27(2)14-13-25(27)33)26(31)28-17-18-5-4-6-22(15-18)32-21-10-8-20(30)9-11-21/h3-13,15-16,29-30H,14,17H2,1-2H3,(H,28,31). The molecule has 0 fully saturated rings. The first-order valence-electron chi connectivity index (χ1n) is 10.9. The molecule has 0 radical (unpaired) electrons. The summed E-state index contributed by atoms with van der Waals surface area (Å²) in [5.41, 5.74) is 2.63. The van der Waals surface area contributed by atoms with Crippen LogP contribution in [0.1, 0.15) is 36.2 Å². The summed E-state index contributed by atoms with van der Waals surface area (Å²) < 4.78 is 5.84. The van der Waals surface area contributed by atoms with Gasteiger partial charge in [0.2, 0.25) is 0 Å². The normalized spacial score (nSPS) is 20.5. The molecule has 0 aromatic heterocycles. The van der Waals surface area contributed by atoms with Crippen molar-refractivity contribution in [2.45, 2.75) is 37.2 Å². The van der Waals surface area contributed by atoms with Crippen LogP contribution >= 0.6 is 10.5 Å². The van der Waals surface area contributed by atoms with Crippen LogP contribution in [0.2, 0.25) is 0 Å². The maximum Gasteiger partial charge on any atom is 0.251 e. The Kier molecular flexibility index (Phi) is 5.46. The molecule has 2 atom stereocenters. The number of phenols is 1. The summed E-state index contributed by atoms with van der Waals surface area (Å²) in [7, 11) is -0.0158. The zero-order valence-corrected chi connectivity index (χ0v) is 19.4. The Balaban J connectivity index is 1.27. The molecule has 1 heterocycles. The fourth-order valence-corrected chi connectivity index (χ4v) is 6.41. The number of rotatable bonds is 5. The second kappa shape index (κ2) is 8.45. The van der Waals surface area contributed by atoms with Gasteiger partial charge >= 0.3 is 0 Å². The van der Waals surface area contributed by atoms with Gasteiger partial charge in [-0.15, -0.1) is 10.5 Å². The van der Waals surface area contributed by atoms with Crippen molar-refractivity contribution in [1.29, 1.82) is 0 Å². The van der Waals surface area contributed by atoms with Gasteiger partial charge in [-0.25, -0.2) is 0 Å². The summed E-state index contributed by atoms with van der Waals surface area (Å²) in [6.45, 7) is 4.74. The van der Waals surface area contributed by atoms with Gasteiger partial charge in [-0.2, -0.15) is 0 Å². The Morgan fingerprint density at radius 1 is 1.15 bits per heavy atom. The monoisotopic (exact) mass is 458 g/mol. The largest absolute Gasteiger partial charge is 0.508 e. The minimum Gasteiger partial charge on any atom is -0.508 e. The SMILES string of the molecule is C/C=S1\C2=CCC2(C)Nc2cc(C(=O)NCc3cccc(Oc4ccc(O)cc4)c3)ccc21. The van der Waals surface area contributed by atoms with E-state index in [0.717, 1.165) is 17.7 Å². The van der Waals surface area contributed by atoms with Crippen molar-refractivity contribution < 1.29 is 14.6 Å². The number of ether oxygens (including phenoxy) is 1. The second-order valence-corrected chi connectivity index (χ2v) is 10.5. The van der Waals surface area contributed by atoms with Crippen LogP contribution in [0, 0.1) is 0 Å². The van der Waals surface area contributed by atoms with Crippen LogP contribution in [0.25, 0.3) is 0 Å². The van der Waals surface area contributed by atoms with Gasteiger partial charge < -0.3 is 20.5 Å². The zero-order chi connectivity index (χ0) is 23.0. The lowest BCUT2D eigenvalue weighted by Gasteiger charge is -2.46. The smallest absolute Gasteiger partial charge is 0.251 e. The fraction of sp³-hybridized carbons (Fsp3) is 0.185. The third-order valence-electron chi connectivity index (χ3n) is 6.03. The molecule has 1 aliphatic carbocycles. The second-order valence-electron chi connectivity index (χ2n) is 8.44. The molecular weight excluding hydrogens is 432 g/mol. The highest BCUT2D eigenvalue weighted by atomic mass is 32.2. The van der Waals surface area contributed by atoms with E-state index >= 15 is 0 Å². The average molecular weight is 459 g/mol. The number of carbonyl (C=O) groups excluding carboxylic acids is 1. The zero-order valence-electron chi connectivity index (χ0n) is 18.6. The molecule has 5 rings (SSSR count). The molecule has 0 spiro atoms. The highest BCUT2D eigenvalue weighted by molar-refractivity contribution is 8.18. The average Bonchev–Trinajstić information content (AvgIpc) is 2.81. The van der Waals surface area contributed by atoms with E-state index in [1.807, 2.05) is 36.4 Å². The van der Waals surface area contributed by atoms with E-state index in [4.69, 9.17) is 4.74 Å². The number of nitrogens with one attached hydrogen (secondary N) is 2. The summed E-state index contributed by atoms with van der Waals surface area (Å²) in [5.74, 6) is 1.39. The number of hydrogen-bond acceptors (Lipinski definition) is 4. The maximum atomic E-state index is 12.9. The van der Waals surface area contributed by atoms with Crippen molar-refractivity contribution in [3.8, 4) is 17.2 Å². The van der Waals surface area contributed by atoms with E-state index in [9.17, 15) is 9.90 Å². The lowest BCUT2D eigenvalue weighted by Crippen LogP contribution is -2.44. The summed E-state index contributed by atoms with van der Waals surface area (Å²) >= 11 is 0. The highest BCUT2D eigenvalue weighted by Crippen LogP contribution is 2.55. The highest BCUT2D eigenvalue weighted by Gasteiger charge is 2.41. The number of benzene rings is 3. The van der Waals surface area contributed by atoms with Gasteiger partial charge in [-0.1, -0.05) is 23.6 Å². The van der Waals surface area contributed by atoms with Crippen molar-refractivity contribution in [3.05, 3.63) is 88.8 Å². The molecule has 168 valence electrons. The van der Waals surface area contributed by atoms with Crippen molar-refractivity contribution in [2.75, 3.05) is 5.32 Å². The predicted molar refractivity (Wildman–Crippen MR) is 135 cm³/mol. The van der Waals surface area contributed by atoms with E-state index in [1.165, 1.54) is 9.80 Å². The van der Waals surface area contributed by atoms with Crippen LogP contribution in [-0.2, 0) is 6.54 Å². The molecule has 0 saturated carbocycles. The lowest BCUT2D eigenvalue weighted by atomic mass is 9.86. The van der Waals surface area contributed by atoms with Gasteiger partial charge in [0, 0.05) is 27.6 Å². The van der Waals surface area contributed by atoms with E-state index in [0.29, 0.717) is 23.6 Å². The molecule has 1 amide bonds. The van der Waals surface area contributed by atoms with E-state index in [1.54, 1.807) is 24.3 Å². The first-order valence-corrected chi connectivity index (χ1v) is 12.2. The van der Waals surface area contributed by atoms with Crippen LogP contribution in [0.3, 0.4) is 0 Å². The molecule has 0 saturated heterocycles. The first-order chi connectivity index (χ1) is 15.9. The quantitative estimate of drug-likeness (QED) is 0.408. The molecule has 1 aliphatic heterocycles. The number of anilines is 1. The topological polar surface area (TPSA) is 70.6 Å². The van der Waals surface area contributed by atoms with Gasteiger partial charge in [0.05, 0.1) is 5.54 Å². The third-order valence-corrected chi connectivity index (χ3v) is 8.42. The van der Waals surface area contributed by atoms with Gasteiger partial charge in [0.1, 0.15) is 17.2 Å². The molecule has 5 nitrogen and oxygen atoms in total. The predicted octanol–water partition coefficient (Wildman–Crippen LogP) is 6.04. The van der Waals surface area contributed by atoms with Crippen LogP contribution in [0.15, 0.2) is 82.6 Å². The van der Waals surface area contributed by atoms with E-state index < -0.39 is 0 Å². The number of carbonyl (C=O) groups is 1. The number of amides is 1. The van der Waals surface area contributed by atoms with Gasteiger partial charge in [0.25, 0.3) is 5.91 Å². The molecule has 3 aromatic rings. The first kappa shape index (κ1) is 21.3. The molecule has 2 aliphatic rings. The summed E-state index contributed by atoms with van der Waals surface area (Å²) in [5, 5.41) is 18.3. The van der Waals surface area contributed by atoms with Crippen LogP contribution < -0.4 is 15.4 Å². The summed E-state index contributed by atoms with van der Waals surface area (Å²) in [6, 6.07) is 20.1. The molecule has 33 heavy (non-hydrogen) atoms. The molecule has 6 heteroatoms. The number of hydrogen-bond donors (Lipinski definition) is 3. The third kappa shape index (κ3) is 4.14. The van der Waals surface area contributed by atoms with Gasteiger partial charge in [-0.3, -0.25) is 4.79 Å². The number of aromatic hydroxyl groups is 1. The van der Waals surface area contributed by atoms with Gasteiger partial charge in [-0.05, 0) is 80.4 Å². The van der Waals surface area contributed by atoms with Crippen LogP contribution in [0.4, 0.5) is 5.69 Å². The van der Waals surface area contributed by atoms with Gasteiger partial charge in [0.15, 0.2) is 0 Å². The van der Waals surface area contributed by atoms with Crippen molar-refractivity contribution in [1.82, 2.24) is 5.32 Å². The minimum absolute atomic E-state index is 0.00431. The Bertz CT molecular complexity index is 1300. The number of phenolic OH excluding ortho intramolecular Hbond substituents is 1. The lowest BCUT2D eigenvalue weighted by molar-refractivity contribution is 0.0951. The Hall–Kier alpha value is -3.51. The molecular formula is C27H26N2O3S. The van der Waals surface area contributed by atoms with Crippen molar-refractivity contribution in [2.24, 2.45) is 0 Å². The molecule has 2 unspecified atom stereocenters. The molecule has 0 bridgehead atoms. The van der Waals surface area contributed by atoms with E-state index in [-0.39, 0.29) is 27.7 Å². The van der Waals surface area contributed by atoms with Crippen molar-refractivity contribution >= 4 is 27.4 Å². The summed E-state index contributed by atoms with van der Waals surface area (Å²) in [6.07, 6.45) is 3.33. The summed E-state index contributed by atoms with van der Waals surface area (Å²) in [4.78, 5) is 15.6. The maximum absolute atomic E-state index is 12.9. The van der Waals surface area contributed by atoms with E-state index in [2.05, 4.69) is 42.0 Å². The minimum atomic E-state index is -0.107. The Morgan fingerprint density at radius 3 is 2.70 bits per heavy atom. The fourth-order valence-electron chi connectivity index (χ4n) is 4.22. The van der Waals surface area contributed by atoms with Crippen LogP contribution in [0.5, 0.6) is 17.2 Å². The Labute approximate surface area is 196 Å². The molecule has 3 aromatic carbocycles.